The van der Waals surface area contributed by atoms with Crippen LogP contribution in [0.25, 0.3) is 0 Å². The van der Waals surface area contributed by atoms with Gasteiger partial charge < -0.3 is 4.74 Å². The van der Waals surface area contributed by atoms with Gasteiger partial charge in [-0.2, -0.15) is 0 Å². The molecule has 1 aromatic rings. The normalized spacial score (nSPS) is 11.5. The fourth-order valence-electron chi connectivity index (χ4n) is 0.582. The smallest absolute Gasteiger partial charge is 0.387 e. The molecule has 0 atom stereocenters. The molecule has 0 aromatic carbocycles. The highest BCUT2D eigenvalue weighted by atomic mass is 127. The van der Waals surface area contributed by atoms with Crippen LogP contribution in [0.3, 0.4) is 0 Å². The third-order valence-corrected chi connectivity index (χ3v) is 2.02. The van der Waals surface area contributed by atoms with E-state index in [1.165, 1.54) is 12.1 Å². The largest absolute Gasteiger partial charge is 0.574 e. The summed E-state index contributed by atoms with van der Waals surface area (Å²) in [5, 5.41) is -0.0420. The first-order valence-corrected chi connectivity index (χ1v) is 4.42. The molecule has 0 saturated carbocycles. The molecule has 0 aliphatic carbocycles. The van der Waals surface area contributed by atoms with E-state index in [4.69, 9.17) is 11.6 Å². The second-order valence-corrected chi connectivity index (χ2v) is 3.52. The Labute approximate surface area is 90.2 Å². The molecule has 2 nitrogen and oxygen atoms in total. The van der Waals surface area contributed by atoms with Crippen LogP contribution in [0, 0.1) is 3.57 Å². The first kappa shape index (κ1) is 10.8. The van der Waals surface area contributed by atoms with E-state index in [1.54, 1.807) is 22.6 Å². The molecule has 0 radical (unpaired) electrons. The van der Waals surface area contributed by atoms with Crippen molar-refractivity contribution in [3.05, 3.63) is 20.9 Å². The molecule has 0 saturated heterocycles. The van der Waals surface area contributed by atoms with Gasteiger partial charge in [0.1, 0.15) is 5.15 Å². The molecule has 0 bridgehead atoms. The average molecular weight is 323 g/mol. The fourth-order valence-corrected chi connectivity index (χ4v) is 1.13. The number of rotatable bonds is 1. The van der Waals surface area contributed by atoms with Crippen LogP contribution in [0.1, 0.15) is 0 Å². The summed E-state index contributed by atoms with van der Waals surface area (Å²) in [6, 6.07) is 2.77. The maximum absolute atomic E-state index is 11.7. The van der Waals surface area contributed by atoms with E-state index in [0.29, 0.717) is 0 Å². The average Bonchev–Trinajstić information content (AvgIpc) is 1.94. The third-order valence-electron chi connectivity index (χ3n) is 0.992. The molecule has 0 amide bonds. The number of ether oxygens (including phenoxy) is 1. The van der Waals surface area contributed by atoms with Crippen LogP contribution in [0.2, 0.25) is 5.15 Å². The number of pyridine rings is 1. The van der Waals surface area contributed by atoms with E-state index in [2.05, 4.69) is 9.72 Å². The highest BCUT2D eigenvalue weighted by Gasteiger charge is 2.32. The second-order valence-electron chi connectivity index (χ2n) is 1.97. The molecule has 0 fully saturated rings. The molecule has 72 valence electrons. The molecule has 13 heavy (non-hydrogen) atoms. The number of hydrogen-bond acceptors (Lipinski definition) is 2. The lowest BCUT2D eigenvalue weighted by Crippen LogP contribution is -2.18. The van der Waals surface area contributed by atoms with Gasteiger partial charge in [-0.25, -0.2) is 4.98 Å². The molecule has 1 aromatic heterocycles. The van der Waals surface area contributed by atoms with Crippen molar-refractivity contribution in [2.45, 2.75) is 6.36 Å². The van der Waals surface area contributed by atoms with E-state index >= 15 is 0 Å². The Kier molecular flexibility index (Phi) is 3.23. The Morgan fingerprint density at radius 1 is 1.38 bits per heavy atom. The molecule has 0 aliphatic heterocycles. The van der Waals surface area contributed by atoms with Crippen LogP contribution in [0.15, 0.2) is 12.1 Å². The van der Waals surface area contributed by atoms with Gasteiger partial charge >= 0.3 is 6.36 Å². The van der Waals surface area contributed by atoms with Crippen molar-refractivity contribution in [3.8, 4) is 5.88 Å². The van der Waals surface area contributed by atoms with Gasteiger partial charge in [0, 0.05) is 0 Å². The lowest BCUT2D eigenvalue weighted by molar-refractivity contribution is -0.276. The molecular weight excluding hydrogens is 321 g/mol. The van der Waals surface area contributed by atoms with Crippen molar-refractivity contribution in [1.82, 2.24) is 4.98 Å². The zero-order chi connectivity index (χ0) is 10.1. The first-order valence-electron chi connectivity index (χ1n) is 2.96. The van der Waals surface area contributed by atoms with Gasteiger partial charge in [-0.1, -0.05) is 11.6 Å². The summed E-state index contributed by atoms with van der Waals surface area (Å²) in [4.78, 5) is 3.37. The van der Waals surface area contributed by atoms with Crippen LogP contribution < -0.4 is 4.74 Å². The van der Waals surface area contributed by atoms with Gasteiger partial charge in [0.2, 0.25) is 5.88 Å². The van der Waals surface area contributed by atoms with Crippen molar-refractivity contribution in [2.24, 2.45) is 0 Å². The summed E-state index contributed by atoms with van der Waals surface area (Å²) in [7, 11) is 0. The van der Waals surface area contributed by atoms with Gasteiger partial charge in [0.25, 0.3) is 0 Å². The predicted octanol–water partition coefficient (Wildman–Crippen LogP) is 3.24. The van der Waals surface area contributed by atoms with E-state index in [9.17, 15) is 13.2 Å². The summed E-state index contributed by atoms with van der Waals surface area (Å²) in [6.07, 6.45) is -4.74. The Morgan fingerprint density at radius 3 is 2.54 bits per heavy atom. The lowest BCUT2D eigenvalue weighted by Gasteiger charge is -2.08. The third kappa shape index (κ3) is 3.55. The van der Waals surface area contributed by atoms with Crippen molar-refractivity contribution < 1.29 is 17.9 Å². The van der Waals surface area contributed by atoms with Crippen LogP contribution in [0.5, 0.6) is 5.88 Å². The zero-order valence-electron chi connectivity index (χ0n) is 5.90. The van der Waals surface area contributed by atoms with E-state index in [-0.39, 0.29) is 8.72 Å². The quantitative estimate of drug-likeness (QED) is 0.585. The van der Waals surface area contributed by atoms with E-state index in [1.807, 2.05) is 0 Å². The fraction of sp³-hybridized carbons (Fsp3) is 0.167. The molecule has 1 heterocycles. The van der Waals surface area contributed by atoms with Crippen LogP contribution in [0.4, 0.5) is 13.2 Å². The topological polar surface area (TPSA) is 22.1 Å². The Hall–Kier alpha value is -0.240. The van der Waals surface area contributed by atoms with Crippen molar-refractivity contribution in [2.75, 3.05) is 0 Å². The van der Waals surface area contributed by atoms with Crippen molar-refractivity contribution in [3.63, 3.8) is 0 Å². The Bertz CT molecular complexity index is 317. The second kappa shape index (κ2) is 3.87. The maximum atomic E-state index is 11.7. The maximum Gasteiger partial charge on any atom is 0.574 e. The first-order chi connectivity index (χ1) is 5.88. The highest BCUT2D eigenvalue weighted by Crippen LogP contribution is 2.26. The molecule has 0 unspecified atom stereocenters. The molecule has 0 spiro atoms. The number of hydrogen-bond donors (Lipinski definition) is 0. The minimum absolute atomic E-state index is 0.0420. The van der Waals surface area contributed by atoms with Gasteiger partial charge in [-0.15, -0.1) is 13.2 Å². The molecular formula is C6H2ClF3INO. The highest BCUT2D eigenvalue weighted by molar-refractivity contribution is 14.1. The summed E-state index contributed by atoms with van der Waals surface area (Å²) in [5.41, 5.74) is 0. The van der Waals surface area contributed by atoms with Crippen LogP contribution >= 0.6 is 34.2 Å². The Morgan fingerprint density at radius 2 is 2.00 bits per heavy atom. The van der Waals surface area contributed by atoms with Gasteiger partial charge in [-0.3, -0.25) is 0 Å². The summed E-state index contributed by atoms with van der Waals surface area (Å²) < 4.78 is 39.1. The molecule has 0 aliphatic rings. The monoisotopic (exact) mass is 323 g/mol. The van der Waals surface area contributed by atoms with E-state index in [0.717, 1.165) is 0 Å². The van der Waals surface area contributed by atoms with Crippen molar-refractivity contribution >= 4 is 34.2 Å². The number of aromatic nitrogens is 1. The number of nitrogens with zero attached hydrogens (tertiary/aromatic N) is 1. The van der Waals surface area contributed by atoms with Gasteiger partial charge in [0.15, 0.2) is 0 Å². The summed E-state index contributed by atoms with van der Waals surface area (Å²) in [6.45, 7) is 0. The summed E-state index contributed by atoms with van der Waals surface area (Å²) in [5.74, 6) is -0.527. The summed E-state index contributed by atoms with van der Waals surface area (Å²) >= 11 is 7.05. The van der Waals surface area contributed by atoms with E-state index < -0.39 is 12.2 Å². The van der Waals surface area contributed by atoms with Gasteiger partial charge in [0.05, 0.1) is 3.57 Å². The lowest BCUT2D eigenvalue weighted by atomic mass is 10.5. The number of alkyl halides is 3. The standard InChI is InChI=1S/C6H2ClF3INO/c7-4-2-1-3(11)5(12-4)13-6(8,9)10/h1-2H. The number of halogens is 5. The van der Waals surface area contributed by atoms with Crippen LogP contribution in [-0.4, -0.2) is 11.3 Å². The zero-order valence-corrected chi connectivity index (χ0v) is 8.81. The van der Waals surface area contributed by atoms with Crippen molar-refractivity contribution in [1.29, 1.82) is 0 Å². The molecule has 0 N–H and O–H groups in total. The van der Waals surface area contributed by atoms with Gasteiger partial charge in [-0.05, 0) is 34.7 Å². The predicted molar refractivity (Wildman–Crippen MR) is 48.6 cm³/mol. The minimum Gasteiger partial charge on any atom is -0.387 e. The molecule has 7 heteroatoms. The van der Waals surface area contributed by atoms with Crippen LogP contribution in [-0.2, 0) is 0 Å². The Balaban J connectivity index is 2.94. The molecule has 1 rings (SSSR count). The SMILES string of the molecule is FC(F)(F)Oc1nc(Cl)ccc1I. The minimum atomic E-state index is -4.74.